The molecule has 19 heavy (non-hydrogen) atoms. The second-order valence-electron chi connectivity index (χ2n) is 5.01. The molecule has 2 amide bonds. The third-order valence-electron chi connectivity index (χ3n) is 3.41. The molecule has 1 aliphatic rings. The molecule has 0 aromatic rings. The van der Waals surface area contributed by atoms with E-state index >= 15 is 0 Å². The lowest BCUT2D eigenvalue weighted by atomic mass is 10.00. The van der Waals surface area contributed by atoms with Crippen molar-refractivity contribution in [2.75, 3.05) is 13.1 Å². The Balaban J connectivity index is 0.00000324. The fourth-order valence-electron chi connectivity index (χ4n) is 2.30. The highest BCUT2D eigenvalue weighted by Crippen LogP contribution is 2.26. The summed E-state index contributed by atoms with van der Waals surface area (Å²) in [7, 11) is 0. The van der Waals surface area contributed by atoms with E-state index in [-0.39, 0.29) is 30.3 Å². The zero-order valence-corrected chi connectivity index (χ0v) is 12.4. The van der Waals surface area contributed by atoms with E-state index in [2.05, 4.69) is 10.6 Å². The van der Waals surface area contributed by atoms with E-state index in [9.17, 15) is 9.59 Å². The lowest BCUT2D eigenvalue weighted by molar-refractivity contribution is -0.122. The summed E-state index contributed by atoms with van der Waals surface area (Å²) in [5, 5.41) is 5.56. The van der Waals surface area contributed by atoms with Crippen LogP contribution in [0, 0.1) is 5.92 Å². The molecule has 0 radical (unpaired) electrons. The van der Waals surface area contributed by atoms with Crippen molar-refractivity contribution in [3.05, 3.63) is 0 Å². The van der Waals surface area contributed by atoms with E-state index in [1.165, 1.54) is 0 Å². The number of nitrogens with one attached hydrogen (secondary N) is 2. The molecule has 0 spiro atoms. The Morgan fingerprint density at radius 1 is 1.16 bits per heavy atom. The summed E-state index contributed by atoms with van der Waals surface area (Å²) in [6.07, 6.45) is 4.97. The first-order valence-corrected chi connectivity index (χ1v) is 6.92. The van der Waals surface area contributed by atoms with Crippen LogP contribution in [0.15, 0.2) is 0 Å². The van der Waals surface area contributed by atoms with Crippen LogP contribution in [0.3, 0.4) is 0 Å². The van der Waals surface area contributed by atoms with Gasteiger partial charge in [-0.05, 0) is 25.2 Å². The van der Waals surface area contributed by atoms with E-state index in [0.717, 1.165) is 25.7 Å². The fourth-order valence-corrected chi connectivity index (χ4v) is 2.30. The molecular weight excluding hydrogens is 266 g/mol. The topological polar surface area (TPSA) is 84.2 Å². The molecule has 1 fully saturated rings. The zero-order chi connectivity index (χ0) is 13.4. The van der Waals surface area contributed by atoms with Crippen LogP contribution in [0.5, 0.6) is 0 Å². The molecule has 6 heteroatoms. The molecule has 1 saturated carbocycles. The number of amides is 2. The van der Waals surface area contributed by atoms with E-state index in [4.69, 9.17) is 5.73 Å². The SMILES string of the molecule is CCCNC(=O)CCNC(=O)C[C@@H]1CCC[C@H]1N.Cl. The van der Waals surface area contributed by atoms with Crippen molar-refractivity contribution >= 4 is 24.2 Å². The monoisotopic (exact) mass is 291 g/mol. The Bertz CT molecular complexity index is 287. The van der Waals surface area contributed by atoms with Crippen molar-refractivity contribution in [3.63, 3.8) is 0 Å². The van der Waals surface area contributed by atoms with Gasteiger partial charge < -0.3 is 16.4 Å². The van der Waals surface area contributed by atoms with Gasteiger partial charge in [0.1, 0.15) is 0 Å². The van der Waals surface area contributed by atoms with Crippen molar-refractivity contribution in [2.24, 2.45) is 11.7 Å². The molecule has 112 valence electrons. The predicted molar refractivity (Wildman–Crippen MR) is 78.1 cm³/mol. The van der Waals surface area contributed by atoms with Gasteiger partial charge in [-0.15, -0.1) is 12.4 Å². The predicted octanol–water partition coefficient (Wildman–Crippen LogP) is 0.958. The Labute approximate surface area is 121 Å². The average molecular weight is 292 g/mol. The minimum Gasteiger partial charge on any atom is -0.356 e. The number of hydrogen-bond acceptors (Lipinski definition) is 3. The Morgan fingerprint density at radius 2 is 1.84 bits per heavy atom. The number of carbonyl (C=O) groups excluding carboxylic acids is 2. The summed E-state index contributed by atoms with van der Waals surface area (Å²) < 4.78 is 0. The van der Waals surface area contributed by atoms with Crippen molar-refractivity contribution in [1.29, 1.82) is 0 Å². The lowest BCUT2D eigenvalue weighted by Crippen LogP contribution is -2.34. The Kier molecular flexibility index (Phi) is 9.61. The third-order valence-corrected chi connectivity index (χ3v) is 3.41. The van der Waals surface area contributed by atoms with Gasteiger partial charge in [0.25, 0.3) is 0 Å². The summed E-state index contributed by atoms with van der Waals surface area (Å²) in [5.41, 5.74) is 5.91. The zero-order valence-electron chi connectivity index (χ0n) is 11.6. The minimum atomic E-state index is -0.00489. The van der Waals surface area contributed by atoms with Crippen LogP contribution >= 0.6 is 12.4 Å². The second kappa shape index (κ2) is 10.0. The highest BCUT2D eigenvalue weighted by atomic mass is 35.5. The molecule has 2 atom stereocenters. The van der Waals surface area contributed by atoms with E-state index in [0.29, 0.717) is 31.8 Å². The van der Waals surface area contributed by atoms with Crippen LogP contribution in [0.1, 0.15) is 45.4 Å². The first kappa shape index (κ1) is 18.2. The van der Waals surface area contributed by atoms with Crippen molar-refractivity contribution in [1.82, 2.24) is 10.6 Å². The van der Waals surface area contributed by atoms with Crippen LogP contribution in [0.25, 0.3) is 0 Å². The maximum Gasteiger partial charge on any atom is 0.221 e. The number of halogens is 1. The van der Waals surface area contributed by atoms with Crippen LogP contribution < -0.4 is 16.4 Å². The van der Waals surface area contributed by atoms with Gasteiger partial charge in [0.2, 0.25) is 11.8 Å². The number of carbonyl (C=O) groups is 2. The van der Waals surface area contributed by atoms with Gasteiger partial charge in [-0.3, -0.25) is 9.59 Å². The highest BCUT2D eigenvalue weighted by Gasteiger charge is 2.25. The van der Waals surface area contributed by atoms with Gasteiger partial charge in [0, 0.05) is 32.0 Å². The summed E-state index contributed by atoms with van der Waals surface area (Å²) in [6.45, 7) is 3.12. The molecule has 0 heterocycles. The van der Waals surface area contributed by atoms with Gasteiger partial charge in [-0.25, -0.2) is 0 Å². The van der Waals surface area contributed by atoms with Crippen LogP contribution in [0.2, 0.25) is 0 Å². The first-order chi connectivity index (χ1) is 8.63. The van der Waals surface area contributed by atoms with E-state index in [1.807, 2.05) is 6.92 Å². The molecule has 0 aromatic carbocycles. The summed E-state index contributed by atoms with van der Waals surface area (Å²) in [4.78, 5) is 22.9. The average Bonchev–Trinajstić information content (AvgIpc) is 2.72. The fraction of sp³-hybridized carbons (Fsp3) is 0.846. The maximum absolute atomic E-state index is 11.6. The molecule has 1 aliphatic carbocycles. The molecule has 5 nitrogen and oxygen atoms in total. The van der Waals surface area contributed by atoms with Gasteiger partial charge in [0.15, 0.2) is 0 Å². The quantitative estimate of drug-likeness (QED) is 0.653. The van der Waals surface area contributed by atoms with Gasteiger partial charge >= 0.3 is 0 Å². The maximum atomic E-state index is 11.6. The smallest absolute Gasteiger partial charge is 0.221 e. The van der Waals surface area contributed by atoms with E-state index < -0.39 is 0 Å². The number of rotatable bonds is 7. The standard InChI is InChI=1S/C13H25N3O2.ClH/c1-2-7-15-12(17)6-8-16-13(18)9-10-4-3-5-11(10)14;/h10-11H,2-9,14H2,1H3,(H,15,17)(H,16,18);1H/t10-,11+;/m0./s1. The van der Waals surface area contributed by atoms with Crippen molar-refractivity contribution in [2.45, 2.75) is 51.5 Å². The van der Waals surface area contributed by atoms with Crippen molar-refractivity contribution in [3.8, 4) is 0 Å². The normalized spacial score (nSPS) is 21.6. The summed E-state index contributed by atoms with van der Waals surface area (Å²) in [5.74, 6) is 0.328. The van der Waals surface area contributed by atoms with Crippen LogP contribution in [-0.2, 0) is 9.59 Å². The van der Waals surface area contributed by atoms with Gasteiger partial charge in [0.05, 0.1) is 0 Å². The summed E-state index contributed by atoms with van der Waals surface area (Å²) in [6, 6.07) is 0.170. The molecule has 0 aromatic heterocycles. The third kappa shape index (κ3) is 7.38. The minimum absolute atomic E-state index is 0. The Morgan fingerprint density at radius 3 is 2.42 bits per heavy atom. The second-order valence-corrected chi connectivity index (χ2v) is 5.01. The first-order valence-electron chi connectivity index (χ1n) is 6.92. The molecule has 0 unspecified atom stereocenters. The molecule has 0 bridgehead atoms. The highest BCUT2D eigenvalue weighted by molar-refractivity contribution is 5.85. The molecule has 1 rings (SSSR count). The number of hydrogen-bond donors (Lipinski definition) is 3. The Hall–Kier alpha value is -0.810. The van der Waals surface area contributed by atoms with E-state index in [1.54, 1.807) is 0 Å². The van der Waals surface area contributed by atoms with Gasteiger partial charge in [-0.1, -0.05) is 13.3 Å². The van der Waals surface area contributed by atoms with Crippen LogP contribution in [0.4, 0.5) is 0 Å². The van der Waals surface area contributed by atoms with Crippen molar-refractivity contribution < 1.29 is 9.59 Å². The largest absolute Gasteiger partial charge is 0.356 e. The lowest BCUT2D eigenvalue weighted by Gasteiger charge is -2.14. The summed E-state index contributed by atoms with van der Waals surface area (Å²) >= 11 is 0. The molecular formula is C13H26ClN3O2. The van der Waals surface area contributed by atoms with Crippen LogP contribution in [-0.4, -0.2) is 30.9 Å². The molecule has 0 aliphatic heterocycles. The van der Waals surface area contributed by atoms with Gasteiger partial charge in [-0.2, -0.15) is 0 Å². The molecule has 0 saturated heterocycles. The number of nitrogens with two attached hydrogens (primary N) is 1. The molecule has 4 N–H and O–H groups in total.